The molecule has 1 fully saturated rings. The number of hydrogen-bond donors (Lipinski definition) is 2. The Labute approximate surface area is 189 Å². The number of aromatic nitrogens is 3. The van der Waals surface area contributed by atoms with E-state index in [-0.39, 0.29) is 17.7 Å². The van der Waals surface area contributed by atoms with Crippen LogP contribution in [0, 0.1) is 5.92 Å². The number of allylic oxidation sites excluding steroid dienone is 2. The summed E-state index contributed by atoms with van der Waals surface area (Å²) in [7, 11) is 0. The summed E-state index contributed by atoms with van der Waals surface area (Å²) < 4.78 is 7.42. The molecular formula is C23H23N5O3S. The molecule has 2 heterocycles. The molecule has 0 aliphatic heterocycles. The Morgan fingerprint density at radius 2 is 2.06 bits per heavy atom. The molecule has 0 unspecified atom stereocenters. The third kappa shape index (κ3) is 5.00. The van der Waals surface area contributed by atoms with Gasteiger partial charge in [0, 0.05) is 23.7 Å². The second-order valence-electron chi connectivity index (χ2n) is 7.37. The van der Waals surface area contributed by atoms with E-state index in [0.717, 1.165) is 18.4 Å². The first-order valence-corrected chi connectivity index (χ1v) is 11.3. The number of fused-ring (bicyclic) bond motifs is 1. The predicted octanol–water partition coefficient (Wildman–Crippen LogP) is 4.63. The van der Waals surface area contributed by atoms with E-state index in [2.05, 4.69) is 27.3 Å². The van der Waals surface area contributed by atoms with E-state index in [1.807, 2.05) is 13.2 Å². The largest absolute Gasteiger partial charge is 0.438 e. The van der Waals surface area contributed by atoms with Crippen LogP contribution in [0.4, 0.5) is 11.5 Å². The van der Waals surface area contributed by atoms with Crippen LogP contribution in [0.1, 0.15) is 19.8 Å². The molecule has 2 aromatic heterocycles. The molecule has 32 heavy (non-hydrogen) atoms. The number of hydrogen-bond acceptors (Lipinski definition) is 6. The molecule has 3 aromatic rings. The zero-order chi connectivity index (χ0) is 22.7. The van der Waals surface area contributed by atoms with Crippen molar-refractivity contribution in [2.45, 2.75) is 19.8 Å². The molecule has 8 nitrogen and oxygen atoms in total. The highest BCUT2D eigenvalue weighted by molar-refractivity contribution is 8.03. The minimum atomic E-state index is -0.203. The van der Waals surface area contributed by atoms with Crippen LogP contribution in [-0.2, 0) is 9.59 Å². The lowest BCUT2D eigenvalue weighted by atomic mass is 10.2. The molecular weight excluding hydrogens is 426 g/mol. The van der Waals surface area contributed by atoms with Crippen molar-refractivity contribution in [3.05, 3.63) is 65.7 Å². The van der Waals surface area contributed by atoms with Crippen molar-refractivity contribution in [2.75, 3.05) is 16.9 Å². The maximum absolute atomic E-state index is 12.6. The fraction of sp³-hybridized carbons (Fsp3) is 0.217. The van der Waals surface area contributed by atoms with Crippen molar-refractivity contribution in [1.82, 2.24) is 14.6 Å². The number of carbonyl (C=O) groups is 2. The Morgan fingerprint density at radius 1 is 1.25 bits per heavy atom. The lowest BCUT2D eigenvalue weighted by Gasteiger charge is -2.10. The highest BCUT2D eigenvalue weighted by Gasteiger charge is 2.30. The van der Waals surface area contributed by atoms with E-state index in [4.69, 9.17) is 4.74 Å². The summed E-state index contributed by atoms with van der Waals surface area (Å²) in [5.41, 5.74) is 2.01. The van der Waals surface area contributed by atoms with E-state index in [1.54, 1.807) is 53.2 Å². The summed E-state index contributed by atoms with van der Waals surface area (Å²) in [4.78, 5) is 29.4. The van der Waals surface area contributed by atoms with E-state index in [0.29, 0.717) is 33.7 Å². The predicted molar refractivity (Wildman–Crippen MR) is 126 cm³/mol. The van der Waals surface area contributed by atoms with E-state index in [9.17, 15) is 9.59 Å². The van der Waals surface area contributed by atoms with E-state index >= 15 is 0 Å². The molecule has 1 aromatic carbocycles. The van der Waals surface area contributed by atoms with Gasteiger partial charge in [-0.25, -0.2) is 9.50 Å². The minimum absolute atomic E-state index is 0.00787. The maximum Gasteiger partial charge on any atom is 0.262 e. The normalized spacial score (nSPS) is 13.9. The van der Waals surface area contributed by atoms with Gasteiger partial charge in [-0.05, 0) is 49.8 Å². The van der Waals surface area contributed by atoms with Gasteiger partial charge < -0.3 is 15.4 Å². The van der Waals surface area contributed by atoms with Crippen molar-refractivity contribution >= 4 is 40.7 Å². The van der Waals surface area contributed by atoms with Crippen molar-refractivity contribution in [3.8, 4) is 11.6 Å². The number of ether oxygens (including phenoxy) is 1. The number of rotatable bonds is 8. The number of nitrogens with zero attached hydrogens (tertiary/aromatic N) is 3. The summed E-state index contributed by atoms with van der Waals surface area (Å²) in [6.45, 7) is 5.57. The van der Waals surface area contributed by atoms with E-state index < -0.39 is 0 Å². The molecule has 9 heteroatoms. The second-order valence-corrected chi connectivity index (χ2v) is 8.18. The van der Waals surface area contributed by atoms with Gasteiger partial charge in [-0.15, -0.1) is 16.9 Å². The topological polar surface area (TPSA) is 97.6 Å². The van der Waals surface area contributed by atoms with Crippen LogP contribution in [-0.4, -0.2) is 32.7 Å². The van der Waals surface area contributed by atoms with Gasteiger partial charge in [-0.3, -0.25) is 9.59 Å². The van der Waals surface area contributed by atoms with E-state index in [1.165, 1.54) is 11.8 Å². The average Bonchev–Trinajstić information content (AvgIpc) is 3.55. The van der Waals surface area contributed by atoms with Gasteiger partial charge in [-0.2, -0.15) is 0 Å². The molecule has 2 amide bonds. The molecule has 4 rings (SSSR count). The number of anilines is 2. The summed E-state index contributed by atoms with van der Waals surface area (Å²) in [6, 6.07) is 10.5. The first-order valence-electron chi connectivity index (χ1n) is 10.1. The third-order valence-electron chi connectivity index (χ3n) is 4.88. The fourth-order valence-electron chi connectivity index (χ4n) is 3.02. The lowest BCUT2D eigenvalue weighted by Crippen LogP contribution is -2.13. The van der Waals surface area contributed by atoms with Crippen LogP contribution in [0.25, 0.3) is 5.65 Å². The molecule has 1 aliphatic carbocycles. The molecule has 0 radical (unpaired) electrons. The van der Waals surface area contributed by atoms with Crippen LogP contribution in [0.15, 0.2) is 65.7 Å². The first kappa shape index (κ1) is 21.6. The molecule has 0 spiro atoms. The first-order chi connectivity index (χ1) is 15.5. The molecule has 2 N–H and O–H groups in total. The van der Waals surface area contributed by atoms with Gasteiger partial charge in [0.25, 0.3) is 5.91 Å². The van der Waals surface area contributed by atoms with Gasteiger partial charge in [0.05, 0.1) is 11.1 Å². The number of thioether (sulfide) groups is 1. The van der Waals surface area contributed by atoms with Crippen molar-refractivity contribution < 1.29 is 14.3 Å². The monoisotopic (exact) mass is 449 g/mol. The Morgan fingerprint density at radius 3 is 2.78 bits per heavy atom. The SMILES string of the molecule is C=C/C(C)=C(\SC)C(=O)Nc1cccc(Oc2ccc3nc(NC(=O)C4CC4)cn3n2)c1. The Kier molecular flexibility index (Phi) is 6.27. The van der Waals surface area contributed by atoms with Gasteiger partial charge >= 0.3 is 0 Å². The number of amides is 2. The van der Waals surface area contributed by atoms with Gasteiger partial charge in [0.2, 0.25) is 11.8 Å². The number of carbonyl (C=O) groups excluding carboxylic acids is 2. The summed E-state index contributed by atoms with van der Waals surface area (Å²) in [5.74, 6) is 1.22. The van der Waals surface area contributed by atoms with Gasteiger partial charge in [0.1, 0.15) is 5.75 Å². The van der Waals surface area contributed by atoms with Crippen LogP contribution in [0.5, 0.6) is 11.6 Å². The Balaban J connectivity index is 1.47. The van der Waals surface area contributed by atoms with Crippen molar-refractivity contribution in [3.63, 3.8) is 0 Å². The van der Waals surface area contributed by atoms with Crippen LogP contribution in [0.3, 0.4) is 0 Å². The zero-order valence-electron chi connectivity index (χ0n) is 17.8. The molecule has 1 aliphatic rings. The van der Waals surface area contributed by atoms with Crippen LogP contribution >= 0.6 is 11.8 Å². The molecule has 0 bridgehead atoms. The second kappa shape index (κ2) is 9.27. The number of benzene rings is 1. The third-order valence-corrected chi connectivity index (χ3v) is 5.80. The maximum atomic E-state index is 12.6. The Hall–Kier alpha value is -3.59. The fourth-order valence-corrected chi connectivity index (χ4v) is 3.67. The zero-order valence-corrected chi connectivity index (χ0v) is 18.6. The summed E-state index contributed by atoms with van der Waals surface area (Å²) in [5, 5.41) is 10.1. The van der Waals surface area contributed by atoms with Gasteiger partial charge in [-0.1, -0.05) is 18.7 Å². The number of imidazole rings is 1. The smallest absolute Gasteiger partial charge is 0.262 e. The Bertz CT molecular complexity index is 1230. The van der Waals surface area contributed by atoms with Gasteiger partial charge in [0.15, 0.2) is 11.5 Å². The molecule has 164 valence electrons. The lowest BCUT2D eigenvalue weighted by molar-refractivity contribution is -0.117. The standard InChI is InChI=1S/C23H23N5O3S/c1-4-14(2)21(32-3)23(30)24-16-6-5-7-17(12-16)31-20-11-10-19-25-18(13-28(19)27-20)26-22(29)15-8-9-15/h4-7,10-13,15H,1,8-9H2,2-3H3,(H,24,30)(H,26,29)/b21-14-. The van der Waals surface area contributed by atoms with Crippen molar-refractivity contribution in [1.29, 1.82) is 0 Å². The van der Waals surface area contributed by atoms with Crippen LogP contribution < -0.4 is 15.4 Å². The molecule has 1 saturated carbocycles. The highest BCUT2D eigenvalue weighted by atomic mass is 32.2. The average molecular weight is 450 g/mol. The molecule has 0 atom stereocenters. The molecule has 0 saturated heterocycles. The van der Waals surface area contributed by atoms with Crippen molar-refractivity contribution in [2.24, 2.45) is 5.92 Å². The summed E-state index contributed by atoms with van der Waals surface area (Å²) in [6.07, 6.45) is 7.01. The van der Waals surface area contributed by atoms with Crippen LogP contribution in [0.2, 0.25) is 0 Å². The minimum Gasteiger partial charge on any atom is -0.438 e. The quantitative estimate of drug-likeness (QED) is 0.384. The summed E-state index contributed by atoms with van der Waals surface area (Å²) >= 11 is 1.37. The number of nitrogens with one attached hydrogen (secondary N) is 2. The highest BCUT2D eigenvalue weighted by Crippen LogP contribution is 2.30.